The van der Waals surface area contributed by atoms with Crippen molar-refractivity contribution in [1.29, 1.82) is 0 Å². The van der Waals surface area contributed by atoms with E-state index in [0.29, 0.717) is 0 Å². The topological polar surface area (TPSA) is 55.1 Å². The van der Waals surface area contributed by atoms with Gasteiger partial charge in [0.15, 0.2) is 0 Å². The molecule has 3 heteroatoms. The molecule has 0 saturated carbocycles. The zero-order chi connectivity index (χ0) is 12.8. The highest BCUT2D eigenvalue weighted by Gasteiger charge is 2.00. The molecule has 0 unspecified atom stereocenters. The number of hydrogen-bond acceptors (Lipinski definition) is 2. The molecule has 3 nitrogen and oxygen atoms in total. The lowest BCUT2D eigenvalue weighted by Crippen LogP contribution is -2.21. The first-order valence-corrected chi connectivity index (χ1v) is 5.91. The number of nitrogens with two attached hydrogens (primary N) is 1. The van der Waals surface area contributed by atoms with Gasteiger partial charge in [0.25, 0.3) is 0 Å². The highest BCUT2D eigenvalue weighted by molar-refractivity contribution is 5.92. The summed E-state index contributed by atoms with van der Waals surface area (Å²) in [4.78, 5) is 11.1. The molecular weight excluding hydrogens is 224 g/mol. The van der Waals surface area contributed by atoms with Gasteiger partial charge in [0.05, 0.1) is 6.54 Å². The number of amides is 1. The molecule has 2 aromatic rings. The third kappa shape index (κ3) is 3.43. The Hall–Kier alpha value is -2.13. The lowest BCUT2D eigenvalue weighted by Gasteiger charge is -2.05. The molecule has 2 rings (SSSR count). The van der Waals surface area contributed by atoms with Gasteiger partial charge in [0, 0.05) is 5.69 Å². The summed E-state index contributed by atoms with van der Waals surface area (Å²) in [6, 6.07) is 18.1. The minimum absolute atomic E-state index is 0.00572. The fourth-order valence-electron chi connectivity index (χ4n) is 1.75. The number of carbonyl (C=O) groups is 1. The largest absolute Gasteiger partial charge is 0.325 e. The van der Waals surface area contributed by atoms with E-state index in [0.717, 1.165) is 12.1 Å². The molecule has 3 N–H and O–H groups in total. The van der Waals surface area contributed by atoms with Crippen molar-refractivity contribution in [1.82, 2.24) is 0 Å². The maximum absolute atomic E-state index is 11.1. The third-order valence-electron chi connectivity index (χ3n) is 2.67. The van der Waals surface area contributed by atoms with Crippen molar-refractivity contribution < 1.29 is 4.79 Å². The van der Waals surface area contributed by atoms with E-state index in [4.69, 9.17) is 5.73 Å². The Balaban J connectivity index is 2.02. The van der Waals surface area contributed by atoms with Crippen molar-refractivity contribution in [3.05, 3.63) is 65.7 Å². The molecule has 0 spiro atoms. The second-order valence-electron chi connectivity index (χ2n) is 4.11. The fraction of sp³-hybridized carbons (Fsp3) is 0.133. The second-order valence-corrected chi connectivity index (χ2v) is 4.11. The fourth-order valence-corrected chi connectivity index (χ4v) is 1.75. The van der Waals surface area contributed by atoms with Gasteiger partial charge in [0.2, 0.25) is 5.91 Å². The Morgan fingerprint density at radius 3 is 2.17 bits per heavy atom. The molecule has 2 aromatic carbocycles. The second kappa shape index (κ2) is 5.98. The number of rotatable bonds is 4. The quantitative estimate of drug-likeness (QED) is 0.860. The summed E-state index contributed by atoms with van der Waals surface area (Å²) in [5.74, 6) is -0.175. The van der Waals surface area contributed by atoms with E-state index in [2.05, 4.69) is 17.4 Å². The average Bonchev–Trinajstić information content (AvgIpc) is 2.42. The van der Waals surface area contributed by atoms with Crippen LogP contribution in [0.4, 0.5) is 5.69 Å². The average molecular weight is 240 g/mol. The molecule has 1 amide bonds. The van der Waals surface area contributed by atoms with Crippen LogP contribution in [0.1, 0.15) is 11.1 Å². The van der Waals surface area contributed by atoms with Crippen LogP contribution in [0, 0.1) is 0 Å². The summed E-state index contributed by atoms with van der Waals surface area (Å²) >= 11 is 0. The van der Waals surface area contributed by atoms with E-state index in [-0.39, 0.29) is 12.5 Å². The Labute approximate surface area is 107 Å². The molecule has 0 bridgehead atoms. The molecule has 0 aromatic heterocycles. The van der Waals surface area contributed by atoms with Gasteiger partial charge in [-0.15, -0.1) is 0 Å². The van der Waals surface area contributed by atoms with Gasteiger partial charge in [-0.2, -0.15) is 0 Å². The van der Waals surface area contributed by atoms with Crippen molar-refractivity contribution in [2.75, 3.05) is 11.9 Å². The standard InChI is InChI=1S/C15H16N2O/c16-11-15(18)17-14-8-6-13(7-9-14)10-12-4-2-1-3-5-12/h1-9H,10-11,16H2,(H,17,18). The Kier molecular flexibility index (Phi) is 4.10. The van der Waals surface area contributed by atoms with Crippen molar-refractivity contribution in [3.63, 3.8) is 0 Å². The normalized spacial score (nSPS) is 10.1. The van der Waals surface area contributed by atoms with Gasteiger partial charge in [-0.25, -0.2) is 0 Å². The Morgan fingerprint density at radius 2 is 1.56 bits per heavy atom. The highest BCUT2D eigenvalue weighted by Crippen LogP contribution is 2.13. The molecule has 92 valence electrons. The first-order chi connectivity index (χ1) is 8.78. The number of nitrogens with one attached hydrogen (secondary N) is 1. The van der Waals surface area contributed by atoms with Crippen LogP contribution in [0.5, 0.6) is 0 Å². The van der Waals surface area contributed by atoms with E-state index in [1.807, 2.05) is 42.5 Å². The van der Waals surface area contributed by atoms with Gasteiger partial charge in [0.1, 0.15) is 0 Å². The number of hydrogen-bond donors (Lipinski definition) is 2. The minimum atomic E-state index is -0.175. The third-order valence-corrected chi connectivity index (χ3v) is 2.67. The molecule has 0 radical (unpaired) electrons. The summed E-state index contributed by atoms with van der Waals surface area (Å²) in [6.07, 6.45) is 0.895. The summed E-state index contributed by atoms with van der Waals surface area (Å²) < 4.78 is 0. The van der Waals surface area contributed by atoms with Crippen LogP contribution in [-0.4, -0.2) is 12.5 Å². The lowest BCUT2D eigenvalue weighted by atomic mass is 10.0. The van der Waals surface area contributed by atoms with Crippen molar-refractivity contribution in [2.24, 2.45) is 5.73 Å². The van der Waals surface area contributed by atoms with Gasteiger partial charge >= 0.3 is 0 Å². The minimum Gasteiger partial charge on any atom is -0.325 e. The number of carbonyl (C=O) groups excluding carboxylic acids is 1. The number of benzene rings is 2. The van der Waals surface area contributed by atoms with Crippen LogP contribution < -0.4 is 11.1 Å². The van der Waals surface area contributed by atoms with Gasteiger partial charge in [-0.3, -0.25) is 4.79 Å². The molecule has 0 saturated heterocycles. The molecule has 0 aliphatic carbocycles. The Morgan fingerprint density at radius 1 is 0.944 bits per heavy atom. The zero-order valence-electron chi connectivity index (χ0n) is 10.1. The zero-order valence-corrected chi connectivity index (χ0v) is 10.1. The molecule has 0 fully saturated rings. The summed E-state index contributed by atoms with van der Waals surface area (Å²) in [6.45, 7) is 0.00572. The van der Waals surface area contributed by atoms with Crippen molar-refractivity contribution in [3.8, 4) is 0 Å². The van der Waals surface area contributed by atoms with Gasteiger partial charge in [-0.05, 0) is 29.7 Å². The first kappa shape index (κ1) is 12.3. The predicted octanol–water partition coefficient (Wildman–Crippen LogP) is 2.17. The summed E-state index contributed by atoms with van der Waals surface area (Å²) in [5, 5.41) is 2.72. The molecule has 0 aliphatic heterocycles. The van der Waals surface area contributed by atoms with Crippen LogP contribution >= 0.6 is 0 Å². The van der Waals surface area contributed by atoms with Crippen LogP contribution in [0.3, 0.4) is 0 Å². The maximum Gasteiger partial charge on any atom is 0.238 e. The Bertz CT molecular complexity index is 506. The summed E-state index contributed by atoms with van der Waals surface area (Å²) in [5.41, 5.74) is 8.51. The number of anilines is 1. The maximum atomic E-state index is 11.1. The molecule has 18 heavy (non-hydrogen) atoms. The summed E-state index contributed by atoms with van der Waals surface area (Å²) in [7, 11) is 0. The van der Waals surface area contributed by atoms with Crippen LogP contribution in [0.2, 0.25) is 0 Å². The monoisotopic (exact) mass is 240 g/mol. The highest BCUT2D eigenvalue weighted by atomic mass is 16.1. The molecule has 0 heterocycles. The van der Waals surface area contributed by atoms with E-state index < -0.39 is 0 Å². The van der Waals surface area contributed by atoms with Gasteiger partial charge < -0.3 is 11.1 Å². The van der Waals surface area contributed by atoms with Gasteiger partial charge in [-0.1, -0.05) is 42.5 Å². The van der Waals surface area contributed by atoms with Crippen molar-refractivity contribution >= 4 is 11.6 Å². The van der Waals surface area contributed by atoms with Crippen LogP contribution in [-0.2, 0) is 11.2 Å². The smallest absolute Gasteiger partial charge is 0.238 e. The van der Waals surface area contributed by atoms with E-state index >= 15 is 0 Å². The van der Waals surface area contributed by atoms with E-state index in [1.165, 1.54) is 11.1 Å². The SMILES string of the molecule is NCC(=O)Nc1ccc(Cc2ccccc2)cc1. The van der Waals surface area contributed by atoms with Crippen LogP contribution in [0.25, 0.3) is 0 Å². The first-order valence-electron chi connectivity index (χ1n) is 5.91. The molecule has 0 atom stereocenters. The van der Waals surface area contributed by atoms with E-state index in [9.17, 15) is 4.79 Å². The lowest BCUT2D eigenvalue weighted by molar-refractivity contribution is -0.114. The van der Waals surface area contributed by atoms with Crippen LogP contribution in [0.15, 0.2) is 54.6 Å². The van der Waals surface area contributed by atoms with Crippen molar-refractivity contribution in [2.45, 2.75) is 6.42 Å². The van der Waals surface area contributed by atoms with E-state index in [1.54, 1.807) is 0 Å². The molecule has 0 aliphatic rings. The molecular formula is C15H16N2O. The predicted molar refractivity (Wildman–Crippen MR) is 73.4 cm³/mol.